The molecule has 1 heteroatoms. The average Bonchev–Trinajstić information content (AvgIpc) is 2.28. The number of unbranched alkanes of at least 4 members (excludes halogenated alkanes) is 4. The van der Waals surface area contributed by atoms with Crippen LogP contribution >= 0.6 is 0 Å². The van der Waals surface area contributed by atoms with E-state index < -0.39 is 0 Å². The van der Waals surface area contributed by atoms with Gasteiger partial charge in [0.1, 0.15) is 0 Å². The maximum atomic E-state index is 5.03. The number of rotatable bonds is 8. The molecule has 0 heterocycles. The van der Waals surface area contributed by atoms with Gasteiger partial charge in [-0.2, -0.15) is 0 Å². The minimum atomic E-state index is 0.915. The lowest BCUT2D eigenvalue weighted by Gasteiger charge is -2.03. The Labute approximate surface area is 99.8 Å². The molecular formula is C15H24O. The fourth-order valence-corrected chi connectivity index (χ4v) is 1.97. The minimum absolute atomic E-state index is 0.915. The first-order chi connectivity index (χ1) is 7.83. The number of benzene rings is 1. The van der Waals surface area contributed by atoms with E-state index in [0.29, 0.717) is 0 Å². The highest BCUT2D eigenvalue weighted by Crippen LogP contribution is 2.10. The van der Waals surface area contributed by atoms with Crippen LogP contribution < -0.4 is 0 Å². The summed E-state index contributed by atoms with van der Waals surface area (Å²) in [7, 11) is 1.78. The van der Waals surface area contributed by atoms with E-state index in [1.165, 1.54) is 49.7 Å². The Morgan fingerprint density at radius 1 is 1.00 bits per heavy atom. The van der Waals surface area contributed by atoms with Gasteiger partial charge in [0.2, 0.25) is 0 Å². The molecule has 90 valence electrons. The Kier molecular flexibility index (Phi) is 6.91. The van der Waals surface area contributed by atoms with Crippen LogP contribution in [0.4, 0.5) is 0 Å². The second-order valence-electron chi connectivity index (χ2n) is 4.50. The monoisotopic (exact) mass is 220 g/mol. The van der Waals surface area contributed by atoms with Gasteiger partial charge in [0.05, 0.1) is 0 Å². The van der Waals surface area contributed by atoms with Crippen LogP contribution in [0.25, 0.3) is 0 Å². The Morgan fingerprint density at radius 2 is 1.75 bits per heavy atom. The van der Waals surface area contributed by atoms with Crippen molar-refractivity contribution in [1.29, 1.82) is 0 Å². The van der Waals surface area contributed by atoms with E-state index in [1.807, 2.05) is 0 Å². The van der Waals surface area contributed by atoms with Gasteiger partial charge >= 0.3 is 0 Å². The molecule has 0 radical (unpaired) electrons. The summed E-state index contributed by atoms with van der Waals surface area (Å²) in [6, 6.07) is 8.85. The summed E-state index contributed by atoms with van der Waals surface area (Å²) in [6.45, 7) is 3.08. The molecule has 1 nitrogen and oxygen atoms in total. The fraction of sp³-hybridized carbons (Fsp3) is 0.600. The SMILES string of the molecule is COCCCCCCCc1cccc(C)c1. The molecule has 0 aliphatic heterocycles. The topological polar surface area (TPSA) is 9.23 Å². The van der Waals surface area contributed by atoms with Gasteiger partial charge in [-0.3, -0.25) is 0 Å². The van der Waals surface area contributed by atoms with Crippen LogP contribution in [0, 0.1) is 6.92 Å². The van der Waals surface area contributed by atoms with Crippen molar-refractivity contribution in [3.63, 3.8) is 0 Å². The predicted molar refractivity (Wildman–Crippen MR) is 69.8 cm³/mol. The number of methoxy groups -OCH3 is 1. The van der Waals surface area contributed by atoms with Crippen LogP contribution in [0.3, 0.4) is 0 Å². The van der Waals surface area contributed by atoms with E-state index in [4.69, 9.17) is 4.74 Å². The summed E-state index contributed by atoms with van der Waals surface area (Å²) in [5, 5.41) is 0. The lowest BCUT2D eigenvalue weighted by Crippen LogP contribution is -1.90. The number of ether oxygens (including phenoxy) is 1. The van der Waals surface area contributed by atoms with Gasteiger partial charge in [-0.05, 0) is 31.7 Å². The van der Waals surface area contributed by atoms with Gasteiger partial charge in [0.25, 0.3) is 0 Å². The molecule has 1 aromatic carbocycles. The highest BCUT2D eigenvalue weighted by Gasteiger charge is 1.94. The van der Waals surface area contributed by atoms with Crippen LogP contribution in [0.2, 0.25) is 0 Å². The summed E-state index contributed by atoms with van der Waals surface area (Å²) in [5.74, 6) is 0. The lowest BCUT2D eigenvalue weighted by molar-refractivity contribution is 0.192. The van der Waals surface area contributed by atoms with Crippen LogP contribution in [-0.4, -0.2) is 13.7 Å². The van der Waals surface area contributed by atoms with Crippen molar-refractivity contribution in [2.24, 2.45) is 0 Å². The standard InChI is InChI=1S/C15H24O/c1-14-9-8-11-15(13-14)10-6-4-3-5-7-12-16-2/h8-9,11,13H,3-7,10,12H2,1-2H3. The summed E-state index contributed by atoms with van der Waals surface area (Å²) in [6.07, 6.45) is 7.75. The zero-order valence-electron chi connectivity index (χ0n) is 10.7. The van der Waals surface area contributed by atoms with Gasteiger partial charge in [-0.15, -0.1) is 0 Å². The van der Waals surface area contributed by atoms with E-state index in [-0.39, 0.29) is 0 Å². The van der Waals surface area contributed by atoms with Crippen LogP contribution in [0.15, 0.2) is 24.3 Å². The van der Waals surface area contributed by atoms with Crippen molar-refractivity contribution < 1.29 is 4.74 Å². The van der Waals surface area contributed by atoms with Gasteiger partial charge in [-0.1, -0.05) is 49.1 Å². The summed E-state index contributed by atoms with van der Waals surface area (Å²) in [5.41, 5.74) is 2.86. The molecule has 16 heavy (non-hydrogen) atoms. The number of hydrogen-bond acceptors (Lipinski definition) is 1. The molecule has 0 fully saturated rings. The van der Waals surface area contributed by atoms with Gasteiger partial charge in [0.15, 0.2) is 0 Å². The van der Waals surface area contributed by atoms with E-state index in [0.717, 1.165) is 6.61 Å². The second-order valence-corrected chi connectivity index (χ2v) is 4.50. The first-order valence-corrected chi connectivity index (χ1v) is 6.37. The zero-order chi connectivity index (χ0) is 11.6. The van der Waals surface area contributed by atoms with Crippen LogP contribution in [-0.2, 0) is 11.2 Å². The van der Waals surface area contributed by atoms with Crippen LogP contribution in [0.5, 0.6) is 0 Å². The molecule has 0 atom stereocenters. The van der Waals surface area contributed by atoms with Crippen molar-refractivity contribution in [2.75, 3.05) is 13.7 Å². The van der Waals surface area contributed by atoms with E-state index in [9.17, 15) is 0 Å². The maximum Gasteiger partial charge on any atom is 0.0462 e. The molecule has 1 rings (SSSR count). The third-order valence-corrected chi connectivity index (χ3v) is 2.90. The second kappa shape index (κ2) is 8.35. The Balaban J connectivity index is 2.03. The summed E-state index contributed by atoms with van der Waals surface area (Å²) < 4.78 is 5.03. The van der Waals surface area contributed by atoms with Crippen molar-refractivity contribution in [1.82, 2.24) is 0 Å². The molecule has 0 N–H and O–H groups in total. The van der Waals surface area contributed by atoms with Crippen molar-refractivity contribution in [2.45, 2.75) is 45.4 Å². The van der Waals surface area contributed by atoms with Crippen molar-refractivity contribution >= 4 is 0 Å². The lowest BCUT2D eigenvalue weighted by atomic mass is 10.0. The first-order valence-electron chi connectivity index (χ1n) is 6.37. The first kappa shape index (κ1) is 13.2. The molecule has 0 unspecified atom stereocenters. The van der Waals surface area contributed by atoms with E-state index in [1.54, 1.807) is 7.11 Å². The molecule has 0 saturated heterocycles. The molecule has 0 spiro atoms. The zero-order valence-corrected chi connectivity index (χ0v) is 10.7. The molecular weight excluding hydrogens is 196 g/mol. The summed E-state index contributed by atoms with van der Waals surface area (Å²) >= 11 is 0. The Bertz CT molecular complexity index is 281. The number of hydrogen-bond donors (Lipinski definition) is 0. The fourth-order valence-electron chi connectivity index (χ4n) is 1.97. The minimum Gasteiger partial charge on any atom is -0.385 e. The molecule has 0 aliphatic carbocycles. The van der Waals surface area contributed by atoms with Crippen molar-refractivity contribution in [3.8, 4) is 0 Å². The van der Waals surface area contributed by atoms with Crippen molar-refractivity contribution in [3.05, 3.63) is 35.4 Å². The van der Waals surface area contributed by atoms with Gasteiger partial charge in [0, 0.05) is 13.7 Å². The average molecular weight is 220 g/mol. The third kappa shape index (κ3) is 5.92. The van der Waals surface area contributed by atoms with Crippen LogP contribution in [0.1, 0.15) is 43.2 Å². The highest BCUT2D eigenvalue weighted by atomic mass is 16.5. The largest absolute Gasteiger partial charge is 0.385 e. The van der Waals surface area contributed by atoms with Gasteiger partial charge < -0.3 is 4.74 Å². The molecule has 1 aromatic rings. The smallest absolute Gasteiger partial charge is 0.0462 e. The molecule has 0 aromatic heterocycles. The predicted octanol–water partition coefficient (Wildman–Crippen LogP) is 4.13. The third-order valence-electron chi connectivity index (χ3n) is 2.90. The quantitative estimate of drug-likeness (QED) is 0.598. The molecule has 0 amide bonds. The van der Waals surface area contributed by atoms with E-state index in [2.05, 4.69) is 31.2 Å². The number of aryl methyl sites for hydroxylation is 2. The molecule has 0 saturated carbocycles. The van der Waals surface area contributed by atoms with Gasteiger partial charge in [-0.25, -0.2) is 0 Å². The Morgan fingerprint density at radius 3 is 2.50 bits per heavy atom. The highest BCUT2D eigenvalue weighted by molar-refractivity contribution is 5.22. The Hall–Kier alpha value is -0.820. The van der Waals surface area contributed by atoms with E-state index >= 15 is 0 Å². The maximum absolute atomic E-state index is 5.03. The molecule has 0 aliphatic rings. The molecule has 0 bridgehead atoms. The summed E-state index contributed by atoms with van der Waals surface area (Å²) in [4.78, 5) is 0. The normalized spacial score (nSPS) is 10.6.